The number of unbranched alkanes of at least 4 members (excludes halogenated alkanes) is 3. The third-order valence-corrected chi connectivity index (χ3v) is 9.56. The van der Waals surface area contributed by atoms with Crippen molar-refractivity contribution in [1.29, 1.82) is 0 Å². The van der Waals surface area contributed by atoms with Crippen molar-refractivity contribution in [2.24, 2.45) is 0 Å². The van der Waals surface area contributed by atoms with E-state index in [-0.39, 0.29) is 47.0 Å². The number of rotatable bonds is 19. The smallest absolute Gasteiger partial charge is 0.119 e. The minimum Gasteiger partial charge on any atom is -0.494 e. The van der Waals surface area contributed by atoms with Crippen LogP contribution in [0.1, 0.15) is 75.6 Å². The van der Waals surface area contributed by atoms with Crippen molar-refractivity contribution in [1.82, 2.24) is 0 Å². The van der Waals surface area contributed by atoms with Gasteiger partial charge >= 0.3 is 0 Å². The molecule has 7 heteroatoms. The topological polar surface area (TPSA) is 62.0 Å². The molecule has 4 aromatic carbocycles. The van der Waals surface area contributed by atoms with E-state index in [0.717, 1.165) is 75.1 Å². The Labute approximate surface area is 309 Å². The summed E-state index contributed by atoms with van der Waals surface area (Å²) >= 11 is 0. The van der Waals surface area contributed by atoms with E-state index in [1.165, 1.54) is 22.3 Å². The standard InChI is InChI=1S/C42H50O6.HI/c1-41(2,33-13-21-37(22-14-33)45-27-39-29-47-39)31-9-17-35(18-10-31)43-25-7-5-6-8-26-44-36-19-11-32(12-20-36)42(3,4)34-15-23-38(24-16-34)46-28-40-30-48-40;/h9-24,39-40H,5-8,25-30H2,1-4H3;1H. The van der Waals surface area contributed by atoms with Gasteiger partial charge in [0.1, 0.15) is 48.4 Å². The molecule has 262 valence electrons. The first-order chi connectivity index (χ1) is 23.3. The first-order valence-corrected chi connectivity index (χ1v) is 17.4. The Kier molecular flexibility index (Phi) is 12.9. The summed E-state index contributed by atoms with van der Waals surface area (Å²) in [4.78, 5) is 0. The van der Waals surface area contributed by atoms with Gasteiger partial charge in [0.05, 0.1) is 26.4 Å². The normalized spacial score (nSPS) is 16.7. The zero-order chi connectivity index (χ0) is 33.4. The van der Waals surface area contributed by atoms with Gasteiger partial charge in [-0.15, -0.1) is 24.0 Å². The fourth-order valence-corrected chi connectivity index (χ4v) is 5.85. The van der Waals surface area contributed by atoms with Crippen LogP contribution in [0.15, 0.2) is 97.1 Å². The van der Waals surface area contributed by atoms with Gasteiger partial charge in [-0.3, -0.25) is 0 Å². The molecule has 2 aliphatic rings. The lowest BCUT2D eigenvalue weighted by atomic mass is 9.78. The van der Waals surface area contributed by atoms with Crippen molar-refractivity contribution < 1.29 is 28.4 Å². The lowest BCUT2D eigenvalue weighted by molar-refractivity contribution is 0.263. The predicted molar refractivity (Wildman–Crippen MR) is 205 cm³/mol. The van der Waals surface area contributed by atoms with Gasteiger partial charge in [-0.2, -0.15) is 0 Å². The quantitative estimate of drug-likeness (QED) is 0.0537. The van der Waals surface area contributed by atoms with Gasteiger partial charge < -0.3 is 28.4 Å². The second-order valence-electron chi connectivity index (χ2n) is 14.0. The molecule has 0 bridgehead atoms. The fourth-order valence-electron chi connectivity index (χ4n) is 5.85. The first kappa shape index (κ1) is 37.0. The van der Waals surface area contributed by atoms with Crippen molar-refractivity contribution in [2.45, 2.75) is 76.4 Å². The highest BCUT2D eigenvalue weighted by molar-refractivity contribution is 14.0. The van der Waals surface area contributed by atoms with Gasteiger partial charge in [-0.1, -0.05) is 76.2 Å². The molecular formula is C42H51IO6. The highest BCUT2D eigenvalue weighted by Crippen LogP contribution is 2.35. The molecule has 0 saturated carbocycles. The highest BCUT2D eigenvalue weighted by atomic mass is 127. The molecule has 0 N–H and O–H groups in total. The lowest BCUT2D eigenvalue weighted by Gasteiger charge is -2.26. The van der Waals surface area contributed by atoms with E-state index >= 15 is 0 Å². The summed E-state index contributed by atoms with van der Waals surface area (Å²) in [5.41, 5.74) is 4.77. The molecule has 6 rings (SSSR count). The number of benzene rings is 4. The van der Waals surface area contributed by atoms with Crippen molar-refractivity contribution in [3.63, 3.8) is 0 Å². The minimum atomic E-state index is -0.119. The molecule has 2 saturated heterocycles. The third-order valence-electron chi connectivity index (χ3n) is 9.56. The summed E-state index contributed by atoms with van der Waals surface area (Å²) in [6.07, 6.45) is 4.82. The minimum absolute atomic E-state index is 0. The number of hydrogen-bond acceptors (Lipinski definition) is 6. The summed E-state index contributed by atoms with van der Waals surface area (Å²) in [5, 5.41) is 0. The summed E-state index contributed by atoms with van der Waals surface area (Å²) < 4.78 is 34.1. The molecule has 4 aromatic rings. The van der Waals surface area contributed by atoms with Gasteiger partial charge in [-0.05, 0) is 96.5 Å². The van der Waals surface area contributed by atoms with Crippen molar-refractivity contribution in [3.8, 4) is 23.0 Å². The Morgan fingerprint density at radius 1 is 0.449 bits per heavy atom. The van der Waals surface area contributed by atoms with Crippen LogP contribution in [0.2, 0.25) is 0 Å². The maximum absolute atomic E-state index is 6.05. The highest BCUT2D eigenvalue weighted by Gasteiger charge is 2.26. The predicted octanol–water partition coefficient (Wildman–Crippen LogP) is 9.53. The average molecular weight is 779 g/mol. The molecule has 0 spiro atoms. The Bertz CT molecular complexity index is 1440. The van der Waals surface area contributed by atoms with Gasteiger partial charge in [0.15, 0.2) is 0 Å². The van der Waals surface area contributed by atoms with Gasteiger partial charge in [0, 0.05) is 10.8 Å². The van der Waals surface area contributed by atoms with Crippen LogP contribution in [0.5, 0.6) is 23.0 Å². The molecule has 2 heterocycles. The van der Waals surface area contributed by atoms with Gasteiger partial charge in [0.25, 0.3) is 0 Å². The molecule has 0 radical (unpaired) electrons. The van der Waals surface area contributed by atoms with E-state index in [4.69, 9.17) is 28.4 Å². The number of ether oxygens (including phenoxy) is 6. The molecule has 2 aliphatic heterocycles. The largest absolute Gasteiger partial charge is 0.494 e. The second kappa shape index (κ2) is 17.1. The van der Waals surface area contributed by atoms with Crippen molar-refractivity contribution >= 4 is 24.0 Å². The van der Waals surface area contributed by atoms with E-state index in [1.807, 2.05) is 24.3 Å². The van der Waals surface area contributed by atoms with Crippen LogP contribution in [-0.4, -0.2) is 51.8 Å². The zero-order valence-corrected chi connectivity index (χ0v) is 31.7. The Balaban J connectivity index is 0.00000468. The third kappa shape index (κ3) is 10.6. The van der Waals surface area contributed by atoms with Crippen LogP contribution in [0.4, 0.5) is 0 Å². The average Bonchev–Trinajstić information content (AvgIpc) is 4.05. The first-order valence-electron chi connectivity index (χ1n) is 17.4. The number of halogens is 1. The van der Waals surface area contributed by atoms with E-state index in [9.17, 15) is 0 Å². The van der Waals surface area contributed by atoms with Crippen molar-refractivity contribution in [2.75, 3.05) is 39.6 Å². The van der Waals surface area contributed by atoms with Gasteiger partial charge in [0.2, 0.25) is 0 Å². The SMILES string of the molecule is CC(C)(c1ccc(OCCCCCCOc2ccc(C(C)(C)c3ccc(OCC4CO4)cc3)cc2)cc1)c1ccc(OCC2CO2)cc1.I. The molecule has 6 nitrogen and oxygen atoms in total. The number of hydrogen-bond donors (Lipinski definition) is 0. The van der Waals surface area contributed by atoms with Crippen molar-refractivity contribution in [3.05, 3.63) is 119 Å². The molecule has 0 aliphatic carbocycles. The molecule has 2 unspecified atom stereocenters. The Hall–Kier alpha value is -3.27. The second-order valence-corrected chi connectivity index (χ2v) is 14.0. The van der Waals surface area contributed by atoms with Gasteiger partial charge in [-0.25, -0.2) is 0 Å². The summed E-state index contributed by atoms with van der Waals surface area (Å²) in [6, 6.07) is 33.8. The molecule has 2 atom stereocenters. The van der Waals surface area contributed by atoms with E-state index in [1.54, 1.807) is 0 Å². The van der Waals surface area contributed by atoms with E-state index in [2.05, 4.69) is 100 Å². The maximum Gasteiger partial charge on any atom is 0.119 e. The number of epoxide rings is 2. The maximum atomic E-state index is 6.05. The summed E-state index contributed by atoms with van der Waals surface area (Å²) in [5.74, 6) is 3.61. The van der Waals surface area contributed by atoms with Crippen LogP contribution in [0.25, 0.3) is 0 Å². The van der Waals surface area contributed by atoms with Crippen LogP contribution >= 0.6 is 24.0 Å². The molecule has 2 fully saturated rings. The monoisotopic (exact) mass is 778 g/mol. The van der Waals surface area contributed by atoms with E-state index < -0.39 is 0 Å². The molecule has 49 heavy (non-hydrogen) atoms. The lowest BCUT2D eigenvalue weighted by Crippen LogP contribution is -2.18. The fraction of sp³-hybridized carbons (Fsp3) is 0.429. The van der Waals surface area contributed by atoms with Crippen LogP contribution in [0.3, 0.4) is 0 Å². The van der Waals surface area contributed by atoms with Crippen LogP contribution in [0, 0.1) is 0 Å². The molecule has 0 amide bonds. The van der Waals surface area contributed by atoms with E-state index in [0.29, 0.717) is 13.2 Å². The summed E-state index contributed by atoms with van der Waals surface area (Å²) in [7, 11) is 0. The molecular weight excluding hydrogens is 727 g/mol. The van der Waals surface area contributed by atoms with Crippen LogP contribution in [-0.2, 0) is 20.3 Å². The Morgan fingerprint density at radius 2 is 0.714 bits per heavy atom. The Morgan fingerprint density at radius 3 is 0.980 bits per heavy atom. The van der Waals surface area contributed by atoms with Crippen LogP contribution < -0.4 is 18.9 Å². The summed E-state index contributed by atoms with van der Waals surface area (Å²) in [6.45, 7) is 13.3. The molecule has 0 aromatic heterocycles. The zero-order valence-electron chi connectivity index (χ0n) is 29.3.